The van der Waals surface area contributed by atoms with E-state index in [4.69, 9.17) is 16.7 Å². The summed E-state index contributed by atoms with van der Waals surface area (Å²) in [4.78, 5) is 10.6. The number of nitrogens with one attached hydrogen (secondary N) is 1. The molecule has 0 unspecified atom stereocenters. The van der Waals surface area contributed by atoms with Gasteiger partial charge in [0.1, 0.15) is 5.88 Å². The van der Waals surface area contributed by atoms with Crippen molar-refractivity contribution in [3.05, 3.63) is 0 Å². The highest BCUT2D eigenvalue weighted by Crippen LogP contribution is 1.98. The summed E-state index contributed by atoms with van der Waals surface area (Å²) >= 11 is 5.22. The number of halogens is 1. The number of carbonyl (C=O) groups excluding carboxylic acids is 1. The molecule has 2 N–H and O–H groups in total. The Kier molecular flexibility index (Phi) is 3.68. The molecular formula is C6H12ClNO2. The molecule has 0 radical (unpaired) electrons. The summed E-state index contributed by atoms with van der Waals surface area (Å²) in [5.41, 5.74) is -0.564. The first-order valence-corrected chi connectivity index (χ1v) is 3.53. The normalized spacial score (nSPS) is 11.2. The molecule has 3 nitrogen and oxygen atoms in total. The van der Waals surface area contributed by atoms with Crippen LogP contribution < -0.4 is 5.32 Å². The van der Waals surface area contributed by atoms with E-state index in [2.05, 4.69) is 5.32 Å². The summed E-state index contributed by atoms with van der Waals surface area (Å²) in [5, 5.41) is 11.2. The lowest BCUT2D eigenvalue weighted by Crippen LogP contribution is -2.46. The minimum absolute atomic E-state index is 0.0660. The first kappa shape index (κ1) is 9.72. The smallest absolute Gasteiger partial charge is 0.235 e. The van der Waals surface area contributed by atoms with E-state index < -0.39 is 5.54 Å². The van der Waals surface area contributed by atoms with Crippen LogP contribution in [0.4, 0.5) is 0 Å². The molecule has 0 aromatic rings. The topological polar surface area (TPSA) is 49.3 Å². The predicted octanol–water partition coefficient (Wildman–Crippen LogP) is 0.112. The molecule has 0 aromatic carbocycles. The molecule has 0 bridgehead atoms. The lowest BCUT2D eigenvalue weighted by Gasteiger charge is -2.22. The van der Waals surface area contributed by atoms with Crippen LogP contribution in [0.25, 0.3) is 0 Å². The molecule has 0 saturated heterocycles. The maximum atomic E-state index is 10.6. The third kappa shape index (κ3) is 3.69. The van der Waals surface area contributed by atoms with E-state index in [-0.39, 0.29) is 18.4 Å². The Morgan fingerprint density at radius 3 is 2.50 bits per heavy atom. The number of rotatable bonds is 3. The highest BCUT2D eigenvalue weighted by Gasteiger charge is 2.17. The van der Waals surface area contributed by atoms with Crippen LogP contribution in [-0.4, -0.2) is 29.0 Å². The SMILES string of the molecule is CC(C)(CO)NC(=O)CCl. The van der Waals surface area contributed by atoms with E-state index in [1.165, 1.54) is 0 Å². The van der Waals surface area contributed by atoms with Crippen molar-refractivity contribution in [3.8, 4) is 0 Å². The van der Waals surface area contributed by atoms with Gasteiger partial charge in [-0.3, -0.25) is 4.79 Å². The summed E-state index contributed by atoms with van der Waals surface area (Å²) < 4.78 is 0. The monoisotopic (exact) mass is 165 g/mol. The highest BCUT2D eigenvalue weighted by atomic mass is 35.5. The van der Waals surface area contributed by atoms with Crippen molar-refractivity contribution >= 4 is 17.5 Å². The fourth-order valence-corrected chi connectivity index (χ4v) is 0.517. The maximum Gasteiger partial charge on any atom is 0.235 e. The zero-order chi connectivity index (χ0) is 8.20. The van der Waals surface area contributed by atoms with Gasteiger partial charge in [-0.25, -0.2) is 0 Å². The van der Waals surface area contributed by atoms with E-state index in [1.54, 1.807) is 13.8 Å². The van der Waals surface area contributed by atoms with Crippen LogP contribution in [0.15, 0.2) is 0 Å². The zero-order valence-corrected chi connectivity index (χ0v) is 6.90. The average Bonchev–Trinajstić information content (AvgIpc) is 1.87. The second-order valence-electron chi connectivity index (χ2n) is 2.72. The Morgan fingerprint density at radius 1 is 1.70 bits per heavy atom. The number of amides is 1. The van der Waals surface area contributed by atoms with Gasteiger partial charge in [0.2, 0.25) is 5.91 Å². The quantitative estimate of drug-likeness (QED) is 0.584. The van der Waals surface area contributed by atoms with Gasteiger partial charge in [0.15, 0.2) is 0 Å². The molecule has 10 heavy (non-hydrogen) atoms. The van der Waals surface area contributed by atoms with Gasteiger partial charge in [0.25, 0.3) is 0 Å². The van der Waals surface area contributed by atoms with E-state index >= 15 is 0 Å². The minimum Gasteiger partial charge on any atom is -0.394 e. The molecule has 0 atom stereocenters. The lowest BCUT2D eigenvalue weighted by atomic mass is 10.1. The van der Waals surface area contributed by atoms with Crippen LogP contribution in [-0.2, 0) is 4.79 Å². The third-order valence-corrected chi connectivity index (χ3v) is 1.24. The summed E-state index contributed by atoms with van der Waals surface area (Å²) in [6, 6.07) is 0. The number of hydrogen-bond donors (Lipinski definition) is 2. The number of aliphatic hydroxyl groups is 1. The van der Waals surface area contributed by atoms with Crippen LogP contribution in [0, 0.1) is 0 Å². The molecule has 0 rings (SSSR count). The van der Waals surface area contributed by atoms with Crippen molar-refractivity contribution in [2.75, 3.05) is 12.5 Å². The molecule has 0 aliphatic heterocycles. The van der Waals surface area contributed by atoms with E-state index in [0.717, 1.165) is 0 Å². The fraction of sp³-hybridized carbons (Fsp3) is 0.833. The Hall–Kier alpha value is -0.280. The van der Waals surface area contributed by atoms with Crippen molar-refractivity contribution < 1.29 is 9.90 Å². The van der Waals surface area contributed by atoms with Crippen molar-refractivity contribution in [3.63, 3.8) is 0 Å². The predicted molar refractivity (Wildman–Crippen MR) is 40.0 cm³/mol. The van der Waals surface area contributed by atoms with Gasteiger partial charge in [-0.05, 0) is 13.8 Å². The molecule has 0 aliphatic rings. The van der Waals surface area contributed by atoms with E-state index in [0.29, 0.717) is 0 Å². The van der Waals surface area contributed by atoms with Gasteiger partial charge < -0.3 is 10.4 Å². The van der Waals surface area contributed by atoms with Gasteiger partial charge in [-0.15, -0.1) is 11.6 Å². The van der Waals surface area contributed by atoms with Crippen LogP contribution in [0.1, 0.15) is 13.8 Å². The Morgan fingerprint density at radius 2 is 2.20 bits per heavy atom. The molecule has 0 spiro atoms. The van der Waals surface area contributed by atoms with Crippen molar-refractivity contribution in [1.29, 1.82) is 0 Å². The molecular weight excluding hydrogens is 154 g/mol. The molecule has 0 fully saturated rings. The lowest BCUT2D eigenvalue weighted by molar-refractivity contribution is -0.120. The van der Waals surface area contributed by atoms with Gasteiger partial charge >= 0.3 is 0 Å². The van der Waals surface area contributed by atoms with E-state index in [9.17, 15) is 4.79 Å². The number of aliphatic hydroxyl groups excluding tert-OH is 1. The van der Waals surface area contributed by atoms with Gasteiger partial charge in [0, 0.05) is 0 Å². The summed E-state index contributed by atoms with van der Waals surface area (Å²) in [6.07, 6.45) is 0. The van der Waals surface area contributed by atoms with Crippen LogP contribution in [0.3, 0.4) is 0 Å². The minimum atomic E-state index is -0.564. The Balaban J connectivity index is 3.76. The van der Waals surface area contributed by atoms with Crippen LogP contribution in [0.2, 0.25) is 0 Å². The first-order valence-electron chi connectivity index (χ1n) is 2.99. The second kappa shape index (κ2) is 3.78. The zero-order valence-electron chi connectivity index (χ0n) is 6.15. The number of hydrogen-bond acceptors (Lipinski definition) is 2. The van der Waals surface area contributed by atoms with Gasteiger partial charge in [-0.1, -0.05) is 0 Å². The molecule has 0 aromatic heterocycles. The van der Waals surface area contributed by atoms with Gasteiger partial charge in [0.05, 0.1) is 12.1 Å². The van der Waals surface area contributed by atoms with E-state index in [1.807, 2.05) is 0 Å². The van der Waals surface area contributed by atoms with Crippen LogP contribution in [0.5, 0.6) is 0 Å². The third-order valence-electron chi connectivity index (χ3n) is 0.994. The Bertz CT molecular complexity index is 125. The molecule has 4 heteroatoms. The average molecular weight is 166 g/mol. The fourth-order valence-electron chi connectivity index (χ4n) is 0.450. The van der Waals surface area contributed by atoms with Gasteiger partial charge in [-0.2, -0.15) is 0 Å². The first-order chi connectivity index (χ1) is 4.52. The van der Waals surface area contributed by atoms with Crippen LogP contribution >= 0.6 is 11.6 Å². The molecule has 0 saturated carbocycles. The number of carbonyl (C=O) groups is 1. The maximum absolute atomic E-state index is 10.6. The molecule has 1 amide bonds. The summed E-state index contributed by atoms with van der Waals surface area (Å²) in [7, 11) is 0. The molecule has 0 heterocycles. The Labute approximate surface area is 65.4 Å². The standard InChI is InChI=1S/C6H12ClNO2/c1-6(2,4-9)8-5(10)3-7/h9H,3-4H2,1-2H3,(H,8,10). The summed E-state index contributed by atoms with van der Waals surface area (Å²) in [5.74, 6) is -0.329. The highest BCUT2D eigenvalue weighted by molar-refractivity contribution is 6.27. The largest absolute Gasteiger partial charge is 0.394 e. The summed E-state index contributed by atoms with van der Waals surface area (Å²) in [6.45, 7) is 3.35. The number of alkyl halides is 1. The van der Waals surface area contributed by atoms with Crippen molar-refractivity contribution in [2.24, 2.45) is 0 Å². The second-order valence-corrected chi connectivity index (χ2v) is 2.99. The van der Waals surface area contributed by atoms with Crippen molar-refractivity contribution in [1.82, 2.24) is 5.32 Å². The molecule has 60 valence electrons. The molecule has 0 aliphatic carbocycles. The van der Waals surface area contributed by atoms with Crippen molar-refractivity contribution in [2.45, 2.75) is 19.4 Å².